The third-order valence-electron chi connectivity index (χ3n) is 3.96. The number of ether oxygens (including phenoxy) is 1. The summed E-state index contributed by atoms with van der Waals surface area (Å²) in [7, 11) is 0. The highest BCUT2D eigenvalue weighted by Gasteiger charge is 2.23. The van der Waals surface area contributed by atoms with Crippen molar-refractivity contribution in [2.24, 2.45) is 0 Å². The quantitative estimate of drug-likeness (QED) is 0.794. The van der Waals surface area contributed by atoms with E-state index in [1.54, 1.807) is 0 Å². The van der Waals surface area contributed by atoms with Crippen LogP contribution in [0.4, 0.5) is 0 Å². The maximum atomic E-state index is 12.0. The highest BCUT2D eigenvalue weighted by atomic mass is 16.5. The lowest BCUT2D eigenvalue weighted by Crippen LogP contribution is -2.45. The third kappa shape index (κ3) is 5.40. The van der Waals surface area contributed by atoms with Crippen molar-refractivity contribution in [1.82, 2.24) is 10.2 Å². The Morgan fingerprint density at radius 3 is 2.91 bits per heavy atom. The van der Waals surface area contributed by atoms with E-state index in [0.29, 0.717) is 13.0 Å². The number of nitrogens with zero attached hydrogens (tertiary/aromatic N) is 1. The molecule has 5 heteroatoms. The number of aliphatic hydroxyl groups excluding tert-OH is 1. The minimum Gasteiger partial charge on any atom is -0.394 e. The van der Waals surface area contributed by atoms with E-state index in [2.05, 4.69) is 22.3 Å². The molecule has 2 rings (SSSR count). The molecule has 2 atom stereocenters. The van der Waals surface area contributed by atoms with E-state index in [4.69, 9.17) is 9.84 Å². The zero-order valence-corrected chi connectivity index (χ0v) is 13.2. The van der Waals surface area contributed by atoms with Crippen molar-refractivity contribution in [1.29, 1.82) is 0 Å². The number of carbonyl (C=O) groups excluding carboxylic acids is 1. The number of rotatable bonds is 7. The Hall–Kier alpha value is -1.43. The molecular weight excluding hydrogens is 280 g/mol. The predicted octanol–water partition coefficient (Wildman–Crippen LogP) is 1.16. The van der Waals surface area contributed by atoms with Gasteiger partial charge in [-0.15, -0.1) is 0 Å². The molecule has 1 aromatic rings. The second-order valence-corrected chi connectivity index (χ2v) is 5.77. The number of nitrogens with one attached hydrogen (secondary N) is 1. The maximum Gasteiger partial charge on any atom is 0.222 e. The van der Waals surface area contributed by atoms with E-state index < -0.39 is 0 Å². The lowest BCUT2D eigenvalue weighted by molar-refractivity contribution is -0.127. The summed E-state index contributed by atoms with van der Waals surface area (Å²) in [5, 5.41) is 12.0. The van der Waals surface area contributed by atoms with Crippen molar-refractivity contribution in [3.05, 3.63) is 35.9 Å². The smallest absolute Gasteiger partial charge is 0.222 e. The van der Waals surface area contributed by atoms with Crippen molar-refractivity contribution >= 4 is 5.91 Å². The molecule has 2 unspecified atom stereocenters. The van der Waals surface area contributed by atoms with Gasteiger partial charge in [-0.1, -0.05) is 37.3 Å². The molecule has 0 bridgehead atoms. The second kappa shape index (κ2) is 8.88. The molecule has 1 aliphatic rings. The van der Waals surface area contributed by atoms with Crippen molar-refractivity contribution in [2.45, 2.75) is 38.5 Å². The fraction of sp³-hybridized carbons (Fsp3) is 0.588. The standard InChI is InChI=1S/C17H26N2O3/c1-2-15(13-20)18-17(21)10-16-12-19(8-9-22-16)11-14-6-4-3-5-7-14/h3-7,15-16,20H,2,8-13H2,1H3,(H,18,21). The first-order chi connectivity index (χ1) is 10.7. The summed E-state index contributed by atoms with van der Waals surface area (Å²) < 4.78 is 5.70. The van der Waals surface area contributed by atoms with Gasteiger partial charge >= 0.3 is 0 Å². The molecule has 2 N–H and O–H groups in total. The van der Waals surface area contributed by atoms with Gasteiger partial charge in [0.2, 0.25) is 5.91 Å². The minimum atomic E-state index is -0.156. The highest BCUT2D eigenvalue weighted by molar-refractivity contribution is 5.76. The molecular formula is C17H26N2O3. The van der Waals surface area contributed by atoms with E-state index in [9.17, 15) is 4.79 Å². The second-order valence-electron chi connectivity index (χ2n) is 5.77. The maximum absolute atomic E-state index is 12.0. The molecule has 1 saturated heterocycles. The van der Waals surface area contributed by atoms with Crippen LogP contribution in [0.1, 0.15) is 25.3 Å². The molecule has 0 aromatic heterocycles. The molecule has 0 spiro atoms. The summed E-state index contributed by atoms with van der Waals surface area (Å²) in [6.07, 6.45) is 1.00. The lowest BCUT2D eigenvalue weighted by Gasteiger charge is -2.33. The SMILES string of the molecule is CCC(CO)NC(=O)CC1CN(Cc2ccccc2)CCO1. The van der Waals surface area contributed by atoms with Crippen LogP contribution in [-0.2, 0) is 16.1 Å². The van der Waals surface area contributed by atoms with Crippen molar-refractivity contribution in [3.63, 3.8) is 0 Å². The van der Waals surface area contributed by atoms with Crippen LogP contribution in [0.3, 0.4) is 0 Å². The van der Waals surface area contributed by atoms with Crippen LogP contribution in [0.25, 0.3) is 0 Å². The van der Waals surface area contributed by atoms with Crippen LogP contribution in [0.15, 0.2) is 30.3 Å². The van der Waals surface area contributed by atoms with Crippen LogP contribution in [-0.4, -0.2) is 54.4 Å². The molecule has 1 aromatic carbocycles. The number of carbonyl (C=O) groups is 1. The zero-order valence-electron chi connectivity index (χ0n) is 13.2. The lowest BCUT2D eigenvalue weighted by atomic mass is 10.1. The molecule has 22 heavy (non-hydrogen) atoms. The van der Waals surface area contributed by atoms with Crippen LogP contribution < -0.4 is 5.32 Å². The van der Waals surface area contributed by atoms with Gasteiger partial charge in [0.15, 0.2) is 0 Å². The van der Waals surface area contributed by atoms with E-state index in [-0.39, 0.29) is 24.7 Å². The van der Waals surface area contributed by atoms with Gasteiger partial charge in [0.1, 0.15) is 0 Å². The summed E-state index contributed by atoms with van der Waals surface area (Å²) in [6, 6.07) is 10.2. The monoisotopic (exact) mass is 306 g/mol. The largest absolute Gasteiger partial charge is 0.394 e. The van der Waals surface area contributed by atoms with Gasteiger partial charge in [-0.25, -0.2) is 0 Å². The van der Waals surface area contributed by atoms with Crippen LogP contribution in [0.5, 0.6) is 0 Å². The van der Waals surface area contributed by atoms with Gasteiger partial charge in [0.25, 0.3) is 0 Å². The number of morpholine rings is 1. The van der Waals surface area contributed by atoms with Crippen molar-refractivity contribution in [3.8, 4) is 0 Å². The van der Waals surface area contributed by atoms with Gasteiger partial charge in [-0.3, -0.25) is 9.69 Å². The summed E-state index contributed by atoms with van der Waals surface area (Å²) >= 11 is 0. The summed E-state index contributed by atoms with van der Waals surface area (Å²) in [6.45, 7) is 5.12. The molecule has 1 amide bonds. The van der Waals surface area contributed by atoms with Crippen LogP contribution in [0.2, 0.25) is 0 Å². The summed E-state index contributed by atoms with van der Waals surface area (Å²) in [5.74, 6) is -0.0486. The van der Waals surface area contributed by atoms with Crippen molar-refractivity contribution in [2.75, 3.05) is 26.3 Å². The van der Waals surface area contributed by atoms with Gasteiger partial charge in [0.05, 0.1) is 31.8 Å². The minimum absolute atomic E-state index is 0.0199. The topological polar surface area (TPSA) is 61.8 Å². The zero-order chi connectivity index (χ0) is 15.8. The number of hydrogen-bond acceptors (Lipinski definition) is 4. The molecule has 0 radical (unpaired) electrons. The van der Waals surface area contributed by atoms with Crippen LogP contribution in [0, 0.1) is 0 Å². The van der Waals surface area contributed by atoms with E-state index >= 15 is 0 Å². The first kappa shape index (κ1) is 16.9. The number of hydrogen-bond donors (Lipinski definition) is 2. The molecule has 0 aliphatic carbocycles. The Morgan fingerprint density at radius 1 is 1.45 bits per heavy atom. The highest BCUT2D eigenvalue weighted by Crippen LogP contribution is 2.12. The molecule has 0 saturated carbocycles. The number of benzene rings is 1. The van der Waals surface area contributed by atoms with E-state index in [0.717, 1.165) is 26.1 Å². The average Bonchev–Trinajstić information content (AvgIpc) is 2.54. The van der Waals surface area contributed by atoms with Gasteiger partial charge in [0, 0.05) is 19.6 Å². The predicted molar refractivity (Wildman–Crippen MR) is 85.4 cm³/mol. The molecule has 1 fully saturated rings. The molecule has 122 valence electrons. The Balaban J connectivity index is 1.79. The Labute approximate surface area is 132 Å². The first-order valence-corrected chi connectivity index (χ1v) is 7.99. The summed E-state index contributed by atoms with van der Waals surface area (Å²) in [5.41, 5.74) is 1.28. The van der Waals surface area contributed by atoms with Gasteiger partial charge in [-0.2, -0.15) is 0 Å². The molecule has 5 nitrogen and oxygen atoms in total. The third-order valence-corrected chi connectivity index (χ3v) is 3.96. The number of aliphatic hydroxyl groups is 1. The number of amides is 1. The Morgan fingerprint density at radius 2 is 2.23 bits per heavy atom. The fourth-order valence-corrected chi connectivity index (χ4v) is 2.66. The summed E-state index contributed by atoms with van der Waals surface area (Å²) in [4.78, 5) is 14.3. The fourth-order valence-electron chi connectivity index (χ4n) is 2.66. The van der Waals surface area contributed by atoms with Gasteiger partial charge in [-0.05, 0) is 12.0 Å². The molecule has 1 aliphatic heterocycles. The Kier molecular flexibility index (Phi) is 6.83. The average molecular weight is 306 g/mol. The van der Waals surface area contributed by atoms with E-state index in [1.165, 1.54) is 5.56 Å². The van der Waals surface area contributed by atoms with Crippen molar-refractivity contribution < 1.29 is 14.6 Å². The Bertz CT molecular complexity index is 448. The van der Waals surface area contributed by atoms with Gasteiger partial charge < -0.3 is 15.2 Å². The molecule has 1 heterocycles. The van der Waals surface area contributed by atoms with E-state index in [1.807, 2.05) is 25.1 Å². The van der Waals surface area contributed by atoms with Crippen LogP contribution >= 0.6 is 0 Å². The normalized spacial score (nSPS) is 20.5. The first-order valence-electron chi connectivity index (χ1n) is 7.99.